The molecule has 2 nitrogen and oxygen atoms in total. The molecule has 0 radical (unpaired) electrons. The standard InChI is InChI=1S/C17H20BrNO/c1-11-4-5-12(2)15(8-11)16(19)10-13-9-14(18)6-7-17(13)20-3/h4-9,16H,10,19H2,1-3H3. The fourth-order valence-electron chi connectivity index (χ4n) is 2.41. The Morgan fingerprint density at radius 1 is 1.15 bits per heavy atom. The van der Waals surface area contributed by atoms with Crippen molar-refractivity contribution in [3.05, 3.63) is 63.1 Å². The smallest absolute Gasteiger partial charge is 0.122 e. The molecule has 3 heteroatoms. The molecule has 1 unspecified atom stereocenters. The maximum Gasteiger partial charge on any atom is 0.122 e. The molecule has 0 fully saturated rings. The highest BCUT2D eigenvalue weighted by Gasteiger charge is 2.13. The SMILES string of the molecule is COc1ccc(Br)cc1CC(N)c1cc(C)ccc1C. The van der Waals surface area contributed by atoms with E-state index < -0.39 is 0 Å². The average Bonchev–Trinajstić information content (AvgIpc) is 2.41. The molecule has 1 atom stereocenters. The summed E-state index contributed by atoms with van der Waals surface area (Å²) in [6.45, 7) is 4.20. The Morgan fingerprint density at radius 2 is 1.90 bits per heavy atom. The zero-order valence-corrected chi connectivity index (χ0v) is 13.7. The molecule has 0 heterocycles. The van der Waals surface area contributed by atoms with Gasteiger partial charge in [-0.1, -0.05) is 39.7 Å². The molecule has 2 aromatic carbocycles. The van der Waals surface area contributed by atoms with Gasteiger partial charge in [-0.15, -0.1) is 0 Å². The van der Waals surface area contributed by atoms with E-state index in [4.69, 9.17) is 10.5 Å². The minimum atomic E-state index is -0.0295. The lowest BCUT2D eigenvalue weighted by Gasteiger charge is -2.17. The van der Waals surface area contributed by atoms with Crippen molar-refractivity contribution in [1.82, 2.24) is 0 Å². The summed E-state index contributed by atoms with van der Waals surface area (Å²) in [5, 5.41) is 0. The van der Waals surface area contributed by atoms with Crippen LogP contribution in [0.15, 0.2) is 40.9 Å². The van der Waals surface area contributed by atoms with E-state index in [0.717, 1.165) is 22.2 Å². The van der Waals surface area contributed by atoms with E-state index in [0.29, 0.717) is 0 Å². The van der Waals surface area contributed by atoms with Crippen LogP contribution in [0.5, 0.6) is 5.75 Å². The van der Waals surface area contributed by atoms with Crippen LogP contribution in [0.25, 0.3) is 0 Å². The summed E-state index contributed by atoms with van der Waals surface area (Å²) in [6.07, 6.45) is 0.757. The Hall–Kier alpha value is -1.32. The first-order valence-electron chi connectivity index (χ1n) is 6.66. The summed E-state index contributed by atoms with van der Waals surface area (Å²) in [7, 11) is 1.69. The molecule has 2 N–H and O–H groups in total. The summed E-state index contributed by atoms with van der Waals surface area (Å²) in [5.41, 5.74) is 11.2. The van der Waals surface area contributed by atoms with Gasteiger partial charge >= 0.3 is 0 Å². The molecule has 2 rings (SSSR count). The summed E-state index contributed by atoms with van der Waals surface area (Å²) in [4.78, 5) is 0. The molecular weight excluding hydrogens is 314 g/mol. The summed E-state index contributed by atoms with van der Waals surface area (Å²) >= 11 is 3.50. The van der Waals surface area contributed by atoms with E-state index in [1.807, 2.05) is 12.1 Å². The first kappa shape index (κ1) is 15.1. The number of rotatable bonds is 4. The van der Waals surface area contributed by atoms with Crippen molar-refractivity contribution in [3.63, 3.8) is 0 Å². The number of hydrogen-bond acceptors (Lipinski definition) is 2. The third kappa shape index (κ3) is 3.41. The molecule has 106 valence electrons. The molecule has 0 aliphatic rings. The molecule has 0 spiro atoms. The van der Waals surface area contributed by atoms with E-state index in [-0.39, 0.29) is 6.04 Å². The first-order valence-corrected chi connectivity index (χ1v) is 7.45. The predicted octanol–water partition coefficient (Wildman–Crippen LogP) is 4.32. The quantitative estimate of drug-likeness (QED) is 0.904. The van der Waals surface area contributed by atoms with Crippen LogP contribution in [0, 0.1) is 13.8 Å². The van der Waals surface area contributed by atoms with Crippen LogP contribution in [0.4, 0.5) is 0 Å². The molecule has 0 aromatic heterocycles. The van der Waals surface area contributed by atoms with Crippen molar-refractivity contribution in [3.8, 4) is 5.75 Å². The fraction of sp³-hybridized carbons (Fsp3) is 0.294. The van der Waals surface area contributed by atoms with E-state index in [1.54, 1.807) is 7.11 Å². The number of methoxy groups -OCH3 is 1. The normalized spacial score (nSPS) is 12.2. The second-order valence-electron chi connectivity index (χ2n) is 5.13. The zero-order chi connectivity index (χ0) is 14.7. The third-order valence-electron chi connectivity index (χ3n) is 3.52. The largest absolute Gasteiger partial charge is 0.496 e. The summed E-state index contributed by atoms with van der Waals surface area (Å²) in [5.74, 6) is 0.883. The number of halogens is 1. The molecular formula is C17H20BrNO. The van der Waals surface area contributed by atoms with Crippen LogP contribution in [0.2, 0.25) is 0 Å². The van der Waals surface area contributed by atoms with E-state index >= 15 is 0 Å². The lowest BCUT2D eigenvalue weighted by atomic mass is 9.94. The van der Waals surface area contributed by atoms with Crippen molar-refractivity contribution < 1.29 is 4.74 Å². The minimum Gasteiger partial charge on any atom is -0.496 e. The number of nitrogens with two attached hydrogens (primary N) is 1. The van der Waals surface area contributed by atoms with Gasteiger partial charge in [-0.2, -0.15) is 0 Å². The topological polar surface area (TPSA) is 35.2 Å². The Morgan fingerprint density at radius 3 is 2.60 bits per heavy atom. The van der Waals surface area contributed by atoms with Crippen LogP contribution in [-0.4, -0.2) is 7.11 Å². The second-order valence-corrected chi connectivity index (χ2v) is 6.04. The monoisotopic (exact) mass is 333 g/mol. The van der Waals surface area contributed by atoms with Crippen LogP contribution in [0.3, 0.4) is 0 Å². The predicted molar refractivity (Wildman–Crippen MR) is 87.2 cm³/mol. The Labute approximate surface area is 129 Å². The van der Waals surface area contributed by atoms with Crippen molar-refractivity contribution in [2.75, 3.05) is 7.11 Å². The first-order chi connectivity index (χ1) is 9.51. The molecule has 0 aliphatic heterocycles. The van der Waals surface area contributed by atoms with Crippen molar-refractivity contribution in [2.45, 2.75) is 26.3 Å². The highest BCUT2D eigenvalue weighted by atomic mass is 79.9. The molecule has 0 amide bonds. The Bertz CT molecular complexity index is 610. The Kier molecular flexibility index (Phi) is 4.84. The maximum absolute atomic E-state index is 6.40. The van der Waals surface area contributed by atoms with Crippen LogP contribution in [0.1, 0.15) is 28.3 Å². The van der Waals surface area contributed by atoms with Gasteiger partial charge in [-0.05, 0) is 55.2 Å². The van der Waals surface area contributed by atoms with Crippen molar-refractivity contribution >= 4 is 15.9 Å². The van der Waals surface area contributed by atoms with E-state index in [1.165, 1.54) is 16.7 Å². The lowest BCUT2D eigenvalue weighted by molar-refractivity contribution is 0.408. The van der Waals surface area contributed by atoms with Crippen LogP contribution >= 0.6 is 15.9 Å². The number of aryl methyl sites for hydroxylation is 2. The highest BCUT2D eigenvalue weighted by molar-refractivity contribution is 9.10. The van der Waals surface area contributed by atoms with Crippen LogP contribution in [-0.2, 0) is 6.42 Å². The number of benzene rings is 2. The van der Waals surface area contributed by atoms with Crippen LogP contribution < -0.4 is 10.5 Å². The number of ether oxygens (including phenoxy) is 1. The summed E-state index contributed by atoms with van der Waals surface area (Å²) in [6, 6.07) is 12.4. The number of hydrogen-bond donors (Lipinski definition) is 1. The van der Waals surface area contributed by atoms with Gasteiger partial charge in [-0.3, -0.25) is 0 Å². The van der Waals surface area contributed by atoms with Gasteiger partial charge in [-0.25, -0.2) is 0 Å². The van der Waals surface area contributed by atoms with Gasteiger partial charge in [0.15, 0.2) is 0 Å². The molecule has 0 saturated carbocycles. The molecule has 0 aliphatic carbocycles. The molecule has 20 heavy (non-hydrogen) atoms. The van der Waals surface area contributed by atoms with Gasteiger partial charge in [0.25, 0.3) is 0 Å². The van der Waals surface area contributed by atoms with E-state index in [2.05, 4.69) is 54.0 Å². The second kappa shape index (κ2) is 6.42. The zero-order valence-electron chi connectivity index (χ0n) is 12.1. The third-order valence-corrected chi connectivity index (χ3v) is 4.01. The van der Waals surface area contributed by atoms with Crippen molar-refractivity contribution in [1.29, 1.82) is 0 Å². The van der Waals surface area contributed by atoms with Gasteiger partial charge in [0.2, 0.25) is 0 Å². The summed E-state index contributed by atoms with van der Waals surface area (Å²) < 4.78 is 6.46. The van der Waals surface area contributed by atoms with Gasteiger partial charge < -0.3 is 10.5 Å². The molecule has 0 saturated heterocycles. The van der Waals surface area contributed by atoms with Gasteiger partial charge in [0.05, 0.1) is 7.11 Å². The van der Waals surface area contributed by atoms with E-state index in [9.17, 15) is 0 Å². The minimum absolute atomic E-state index is 0.0295. The van der Waals surface area contributed by atoms with Gasteiger partial charge in [0, 0.05) is 10.5 Å². The average molecular weight is 334 g/mol. The van der Waals surface area contributed by atoms with Gasteiger partial charge in [0.1, 0.15) is 5.75 Å². The Balaban J connectivity index is 2.29. The highest BCUT2D eigenvalue weighted by Crippen LogP contribution is 2.28. The molecule has 2 aromatic rings. The fourth-order valence-corrected chi connectivity index (χ4v) is 2.82. The maximum atomic E-state index is 6.40. The van der Waals surface area contributed by atoms with Crippen molar-refractivity contribution in [2.24, 2.45) is 5.73 Å². The molecule has 0 bridgehead atoms. The lowest BCUT2D eigenvalue weighted by Crippen LogP contribution is -2.15.